The highest BCUT2D eigenvalue weighted by Crippen LogP contribution is 2.37. The molecule has 3 aromatic rings. The number of hydrogen-bond donors (Lipinski definition) is 1. The van der Waals surface area contributed by atoms with Gasteiger partial charge in [-0.2, -0.15) is 0 Å². The molecular formula is C17H11NO3. The van der Waals surface area contributed by atoms with Gasteiger partial charge in [0.25, 0.3) is 5.91 Å². The average Bonchev–Trinajstić information content (AvgIpc) is 2.99. The Morgan fingerprint density at radius 2 is 1.81 bits per heavy atom. The summed E-state index contributed by atoms with van der Waals surface area (Å²) < 4.78 is 11.2. The normalized spacial score (nSPS) is 12.7. The highest BCUT2D eigenvalue weighted by Gasteiger charge is 2.21. The summed E-state index contributed by atoms with van der Waals surface area (Å²) in [6.07, 6.45) is 1.60. The molecule has 0 aliphatic carbocycles. The van der Waals surface area contributed by atoms with Crippen LogP contribution in [-0.4, -0.2) is 5.91 Å². The fourth-order valence-electron chi connectivity index (χ4n) is 2.36. The van der Waals surface area contributed by atoms with Crippen molar-refractivity contribution in [3.05, 3.63) is 66.4 Å². The van der Waals surface area contributed by atoms with Crippen molar-refractivity contribution in [3.63, 3.8) is 0 Å². The van der Waals surface area contributed by atoms with Crippen LogP contribution in [0.3, 0.4) is 0 Å². The van der Waals surface area contributed by atoms with Crippen molar-refractivity contribution in [3.8, 4) is 22.8 Å². The lowest BCUT2D eigenvalue weighted by Crippen LogP contribution is -2.10. The quantitative estimate of drug-likeness (QED) is 0.721. The third kappa shape index (κ3) is 1.97. The van der Waals surface area contributed by atoms with E-state index in [0.717, 1.165) is 5.56 Å². The second-order valence-corrected chi connectivity index (χ2v) is 4.74. The van der Waals surface area contributed by atoms with Gasteiger partial charge >= 0.3 is 0 Å². The number of anilines is 1. The molecule has 4 nitrogen and oxygen atoms in total. The van der Waals surface area contributed by atoms with E-state index in [1.54, 1.807) is 18.4 Å². The Morgan fingerprint density at radius 3 is 2.67 bits per heavy atom. The summed E-state index contributed by atoms with van der Waals surface area (Å²) in [6, 6.07) is 16.5. The van der Waals surface area contributed by atoms with Crippen molar-refractivity contribution < 1.29 is 13.9 Å². The number of hydrogen-bond acceptors (Lipinski definition) is 3. The number of nitrogens with one attached hydrogen (secondary N) is 1. The van der Waals surface area contributed by atoms with Crippen LogP contribution in [0, 0.1) is 0 Å². The highest BCUT2D eigenvalue weighted by atomic mass is 16.5. The number of amides is 1. The molecule has 0 saturated carbocycles. The van der Waals surface area contributed by atoms with Crippen molar-refractivity contribution in [1.82, 2.24) is 0 Å². The molecule has 102 valence electrons. The zero-order valence-electron chi connectivity index (χ0n) is 11.0. The van der Waals surface area contributed by atoms with Gasteiger partial charge in [0.05, 0.1) is 17.5 Å². The molecule has 0 bridgehead atoms. The van der Waals surface area contributed by atoms with Crippen LogP contribution in [-0.2, 0) is 0 Å². The van der Waals surface area contributed by atoms with Crippen LogP contribution < -0.4 is 10.1 Å². The SMILES string of the molecule is O=C1Nc2ccccc2Oc2ccc(-c3ccco3)cc21. The molecule has 4 rings (SSSR count). The van der Waals surface area contributed by atoms with E-state index in [1.807, 2.05) is 42.5 Å². The molecule has 4 heteroatoms. The average molecular weight is 277 g/mol. The Morgan fingerprint density at radius 1 is 0.905 bits per heavy atom. The van der Waals surface area contributed by atoms with Crippen LogP contribution in [0.2, 0.25) is 0 Å². The maximum absolute atomic E-state index is 12.4. The number of fused-ring (bicyclic) bond motifs is 2. The first kappa shape index (κ1) is 11.8. The van der Waals surface area contributed by atoms with Crippen molar-refractivity contribution in [2.45, 2.75) is 0 Å². The van der Waals surface area contributed by atoms with E-state index in [2.05, 4.69) is 5.32 Å². The second-order valence-electron chi connectivity index (χ2n) is 4.74. The molecule has 0 fully saturated rings. The first-order chi connectivity index (χ1) is 10.3. The first-order valence-electron chi connectivity index (χ1n) is 6.57. The van der Waals surface area contributed by atoms with Gasteiger partial charge in [0.1, 0.15) is 11.5 Å². The molecular weight excluding hydrogens is 266 g/mol. The summed E-state index contributed by atoms with van der Waals surface area (Å²) in [7, 11) is 0. The molecule has 0 spiro atoms. The van der Waals surface area contributed by atoms with Gasteiger partial charge < -0.3 is 14.5 Å². The molecule has 0 atom stereocenters. The molecule has 0 saturated heterocycles. The van der Waals surface area contributed by atoms with Crippen molar-refractivity contribution in [1.29, 1.82) is 0 Å². The molecule has 1 N–H and O–H groups in total. The van der Waals surface area contributed by atoms with Crippen LogP contribution in [0.1, 0.15) is 10.4 Å². The zero-order chi connectivity index (χ0) is 14.2. The maximum atomic E-state index is 12.4. The summed E-state index contributed by atoms with van der Waals surface area (Å²) in [5.74, 6) is 1.69. The van der Waals surface area contributed by atoms with E-state index in [4.69, 9.17) is 9.15 Å². The standard InChI is InChI=1S/C17H11NO3/c19-17-12-10-11(14-6-3-9-20-14)7-8-15(12)21-16-5-2-1-4-13(16)18-17/h1-10H,(H,18,19). The van der Waals surface area contributed by atoms with E-state index in [1.165, 1.54) is 0 Å². The highest BCUT2D eigenvalue weighted by molar-refractivity contribution is 6.08. The Kier molecular flexibility index (Phi) is 2.54. The summed E-state index contributed by atoms with van der Waals surface area (Å²) in [5, 5.41) is 2.86. The number of para-hydroxylation sites is 2. The molecule has 1 aliphatic rings. The van der Waals surface area contributed by atoms with Crippen LogP contribution in [0.15, 0.2) is 65.3 Å². The smallest absolute Gasteiger partial charge is 0.259 e. The van der Waals surface area contributed by atoms with Gasteiger partial charge in [0.15, 0.2) is 5.75 Å². The van der Waals surface area contributed by atoms with Crippen molar-refractivity contribution >= 4 is 11.6 Å². The Bertz CT molecular complexity index is 822. The summed E-state index contributed by atoms with van der Waals surface area (Å²) in [4.78, 5) is 12.4. The van der Waals surface area contributed by atoms with Gasteiger partial charge in [-0.3, -0.25) is 4.79 Å². The lowest BCUT2D eigenvalue weighted by atomic mass is 10.1. The third-order valence-electron chi connectivity index (χ3n) is 3.39. The molecule has 1 aliphatic heterocycles. The monoisotopic (exact) mass is 277 g/mol. The number of carbonyl (C=O) groups excluding carboxylic acids is 1. The maximum Gasteiger partial charge on any atom is 0.259 e. The van der Waals surface area contributed by atoms with Gasteiger partial charge in [-0.25, -0.2) is 0 Å². The second kappa shape index (κ2) is 4.52. The third-order valence-corrected chi connectivity index (χ3v) is 3.39. The van der Waals surface area contributed by atoms with E-state index in [-0.39, 0.29) is 5.91 Å². The minimum atomic E-state index is -0.191. The Hall–Kier alpha value is -3.01. The fourth-order valence-corrected chi connectivity index (χ4v) is 2.36. The number of ether oxygens (including phenoxy) is 1. The minimum Gasteiger partial charge on any atom is -0.464 e. The Balaban J connectivity index is 1.83. The summed E-state index contributed by atoms with van der Waals surface area (Å²) in [5.41, 5.74) is 1.99. The van der Waals surface area contributed by atoms with Crippen LogP contribution >= 0.6 is 0 Å². The fraction of sp³-hybridized carbons (Fsp3) is 0. The number of rotatable bonds is 1. The van der Waals surface area contributed by atoms with Gasteiger partial charge in [0.2, 0.25) is 0 Å². The van der Waals surface area contributed by atoms with E-state index >= 15 is 0 Å². The van der Waals surface area contributed by atoms with E-state index in [9.17, 15) is 4.79 Å². The van der Waals surface area contributed by atoms with E-state index < -0.39 is 0 Å². The van der Waals surface area contributed by atoms with Gasteiger partial charge in [-0.05, 0) is 42.5 Å². The summed E-state index contributed by atoms with van der Waals surface area (Å²) in [6.45, 7) is 0. The lowest BCUT2D eigenvalue weighted by molar-refractivity contribution is 0.102. The molecule has 0 unspecified atom stereocenters. The zero-order valence-corrected chi connectivity index (χ0v) is 11.0. The summed E-state index contributed by atoms with van der Waals surface area (Å²) >= 11 is 0. The van der Waals surface area contributed by atoms with Crippen LogP contribution in [0.4, 0.5) is 5.69 Å². The number of carbonyl (C=O) groups is 1. The van der Waals surface area contributed by atoms with Gasteiger partial charge in [0, 0.05) is 5.56 Å². The topological polar surface area (TPSA) is 51.5 Å². The van der Waals surface area contributed by atoms with Crippen LogP contribution in [0.25, 0.3) is 11.3 Å². The van der Waals surface area contributed by atoms with Crippen LogP contribution in [0.5, 0.6) is 11.5 Å². The molecule has 0 radical (unpaired) electrons. The molecule has 2 aromatic carbocycles. The molecule has 2 heterocycles. The predicted molar refractivity (Wildman–Crippen MR) is 78.6 cm³/mol. The number of furan rings is 1. The van der Waals surface area contributed by atoms with Gasteiger partial charge in [-0.15, -0.1) is 0 Å². The molecule has 1 amide bonds. The minimum absolute atomic E-state index is 0.191. The first-order valence-corrected chi connectivity index (χ1v) is 6.57. The van der Waals surface area contributed by atoms with Gasteiger partial charge in [-0.1, -0.05) is 12.1 Å². The lowest BCUT2D eigenvalue weighted by Gasteiger charge is -2.07. The number of benzene rings is 2. The largest absolute Gasteiger partial charge is 0.464 e. The Labute approximate surface area is 121 Å². The van der Waals surface area contributed by atoms with E-state index in [0.29, 0.717) is 28.5 Å². The molecule has 1 aromatic heterocycles. The molecule has 21 heavy (non-hydrogen) atoms. The predicted octanol–water partition coefficient (Wildman–Crippen LogP) is 4.30. The van der Waals surface area contributed by atoms with Crippen molar-refractivity contribution in [2.24, 2.45) is 0 Å². The van der Waals surface area contributed by atoms with Crippen molar-refractivity contribution in [2.75, 3.05) is 5.32 Å².